The molecule has 0 spiro atoms. The fourth-order valence-corrected chi connectivity index (χ4v) is 2.60. The number of rotatable bonds is 5. The zero-order valence-electron chi connectivity index (χ0n) is 8.40. The minimum atomic E-state index is -0.629. The lowest BCUT2D eigenvalue weighted by molar-refractivity contribution is -0.0473. The molecule has 0 saturated heterocycles. The molecule has 1 atom stereocenters. The molecule has 1 saturated carbocycles. The van der Waals surface area contributed by atoms with Gasteiger partial charge in [-0.05, 0) is 41.1 Å². The van der Waals surface area contributed by atoms with Crippen LogP contribution in [-0.4, -0.2) is 24.4 Å². The van der Waals surface area contributed by atoms with E-state index in [1.54, 1.807) is 18.4 Å². The van der Waals surface area contributed by atoms with Crippen LogP contribution in [0.3, 0.4) is 0 Å². The first kappa shape index (κ1) is 10.1. The van der Waals surface area contributed by atoms with Crippen molar-refractivity contribution in [3.8, 4) is 0 Å². The molecule has 1 aromatic rings. The van der Waals surface area contributed by atoms with Gasteiger partial charge in [0.05, 0.1) is 12.2 Å². The van der Waals surface area contributed by atoms with E-state index in [0.717, 1.165) is 19.3 Å². The van der Waals surface area contributed by atoms with E-state index < -0.39 is 5.60 Å². The molecule has 1 unspecified atom stereocenters. The smallest absolute Gasteiger partial charge is 0.0948 e. The molecule has 0 aromatic carbocycles. The lowest BCUT2D eigenvalue weighted by Gasteiger charge is -2.26. The van der Waals surface area contributed by atoms with Gasteiger partial charge < -0.3 is 9.84 Å². The fraction of sp³-hybridized carbons (Fsp3) is 0.636. The van der Waals surface area contributed by atoms with Crippen molar-refractivity contribution in [2.24, 2.45) is 5.92 Å². The highest BCUT2D eigenvalue weighted by molar-refractivity contribution is 7.07. The van der Waals surface area contributed by atoms with Gasteiger partial charge in [0.25, 0.3) is 0 Å². The Hall–Kier alpha value is -0.380. The molecule has 14 heavy (non-hydrogen) atoms. The molecule has 0 bridgehead atoms. The van der Waals surface area contributed by atoms with E-state index in [9.17, 15) is 5.11 Å². The van der Waals surface area contributed by atoms with Crippen LogP contribution < -0.4 is 0 Å². The van der Waals surface area contributed by atoms with E-state index >= 15 is 0 Å². The van der Waals surface area contributed by atoms with Gasteiger partial charge in [-0.3, -0.25) is 0 Å². The van der Waals surface area contributed by atoms with Gasteiger partial charge in [-0.15, -0.1) is 0 Å². The van der Waals surface area contributed by atoms with Crippen LogP contribution in [-0.2, 0) is 11.2 Å². The molecule has 1 heterocycles. The second-order valence-corrected chi connectivity index (χ2v) is 4.90. The number of ether oxygens (including phenoxy) is 1. The van der Waals surface area contributed by atoms with Crippen LogP contribution in [0.15, 0.2) is 16.8 Å². The van der Waals surface area contributed by atoms with E-state index in [-0.39, 0.29) is 0 Å². The molecule has 1 N–H and O–H groups in total. The predicted molar refractivity (Wildman–Crippen MR) is 57.6 cm³/mol. The molecule has 2 rings (SSSR count). The monoisotopic (exact) mass is 212 g/mol. The Balaban J connectivity index is 2.03. The van der Waals surface area contributed by atoms with Crippen molar-refractivity contribution in [2.75, 3.05) is 13.7 Å². The number of aliphatic hydroxyl groups is 1. The number of hydrogen-bond acceptors (Lipinski definition) is 3. The Morgan fingerprint density at radius 2 is 2.43 bits per heavy atom. The topological polar surface area (TPSA) is 29.5 Å². The Labute approximate surface area is 88.5 Å². The highest BCUT2D eigenvalue weighted by atomic mass is 32.1. The molecular formula is C11H16O2S. The van der Waals surface area contributed by atoms with Crippen molar-refractivity contribution in [1.29, 1.82) is 0 Å². The summed E-state index contributed by atoms with van der Waals surface area (Å²) >= 11 is 1.68. The van der Waals surface area contributed by atoms with Crippen molar-refractivity contribution >= 4 is 11.3 Å². The molecule has 0 amide bonds. The van der Waals surface area contributed by atoms with Crippen molar-refractivity contribution in [1.82, 2.24) is 0 Å². The summed E-state index contributed by atoms with van der Waals surface area (Å²) in [5.41, 5.74) is 0.594. The molecule has 78 valence electrons. The lowest BCUT2D eigenvalue weighted by Crippen LogP contribution is -2.39. The molecule has 1 aromatic heterocycles. The predicted octanol–water partition coefficient (Wildman–Crippen LogP) is 2.08. The Morgan fingerprint density at radius 1 is 1.64 bits per heavy atom. The van der Waals surface area contributed by atoms with Crippen LogP contribution in [0.1, 0.15) is 18.4 Å². The summed E-state index contributed by atoms with van der Waals surface area (Å²) in [4.78, 5) is 0. The summed E-state index contributed by atoms with van der Waals surface area (Å²) in [6.45, 7) is 0.452. The fourth-order valence-electron chi connectivity index (χ4n) is 1.93. The number of methoxy groups -OCH3 is 1. The van der Waals surface area contributed by atoms with Crippen LogP contribution in [0.2, 0.25) is 0 Å². The van der Waals surface area contributed by atoms with Gasteiger partial charge in [-0.1, -0.05) is 0 Å². The molecule has 1 fully saturated rings. The zero-order chi connectivity index (χ0) is 10.0. The van der Waals surface area contributed by atoms with Gasteiger partial charge in [0.2, 0.25) is 0 Å². The van der Waals surface area contributed by atoms with Crippen LogP contribution in [0.5, 0.6) is 0 Å². The largest absolute Gasteiger partial charge is 0.387 e. The maximum atomic E-state index is 10.4. The van der Waals surface area contributed by atoms with Crippen LogP contribution >= 0.6 is 11.3 Å². The van der Waals surface area contributed by atoms with Crippen molar-refractivity contribution in [2.45, 2.75) is 24.9 Å². The summed E-state index contributed by atoms with van der Waals surface area (Å²) in [5, 5.41) is 14.6. The van der Waals surface area contributed by atoms with Crippen molar-refractivity contribution < 1.29 is 9.84 Å². The van der Waals surface area contributed by atoms with Crippen molar-refractivity contribution in [3.05, 3.63) is 22.4 Å². The molecule has 2 nitrogen and oxygen atoms in total. The van der Waals surface area contributed by atoms with E-state index in [2.05, 4.69) is 16.8 Å². The summed E-state index contributed by atoms with van der Waals surface area (Å²) in [5.74, 6) is 0.447. The highest BCUT2D eigenvalue weighted by Gasteiger charge is 2.43. The average molecular weight is 212 g/mol. The SMILES string of the molecule is COCC(O)(Cc1ccsc1)C1CC1. The maximum Gasteiger partial charge on any atom is 0.0948 e. The van der Waals surface area contributed by atoms with Crippen LogP contribution in [0.4, 0.5) is 0 Å². The standard InChI is InChI=1S/C11H16O2S/c1-13-8-11(12,10-2-3-10)6-9-4-5-14-7-9/h4-5,7,10,12H,2-3,6,8H2,1H3. The normalized spacial score (nSPS) is 20.7. The van der Waals surface area contributed by atoms with Gasteiger partial charge >= 0.3 is 0 Å². The van der Waals surface area contributed by atoms with E-state index in [1.807, 2.05) is 0 Å². The number of thiophene rings is 1. The molecule has 1 aliphatic rings. The van der Waals surface area contributed by atoms with E-state index in [0.29, 0.717) is 12.5 Å². The quantitative estimate of drug-likeness (QED) is 0.809. The third-order valence-corrected chi connectivity index (χ3v) is 3.55. The van der Waals surface area contributed by atoms with Gasteiger partial charge in [0.15, 0.2) is 0 Å². The first-order chi connectivity index (χ1) is 6.74. The Bertz CT molecular complexity index is 279. The summed E-state index contributed by atoms with van der Waals surface area (Å²) in [6.07, 6.45) is 3.02. The van der Waals surface area contributed by atoms with Gasteiger partial charge in [-0.2, -0.15) is 11.3 Å². The molecule has 0 radical (unpaired) electrons. The molecule has 1 aliphatic carbocycles. The summed E-state index contributed by atoms with van der Waals surface area (Å²) in [6, 6.07) is 2.08. The third-order valence-electron chi connectivity index (χ3n) is 2.82. The minimum absolute atomic E-state index is 0.447. The summed E-state index contributed by atoms with van der Waals surface area (Å²) in [7, 11) is 1.65. The van der Waals surface area contributed by atoms with Gasteiger partial charge in [0.1, 0.15) is 0 Å². The average Bonchev–Trinajstić information content (AvgIpc) is 2.89. The summed E-state index contributed by atoms with van der Waals surface area (Å²) < 4.78 is 5.11. The zero-order valence-corrected chi connectivity index (χ0v) is 9.22. The first-order valence-electron chi connectivity index (χ1n) is 4.97. The number of hydrogen-bond donors (Lipinski definition) is 1. The highest BCUT2D eigenvalue weighted by Crippen LogP contribution is 2.41. The molecular weight excluding hydrogens is 196 g/mol. The van der Waals surface area contributed by atoms with Crippen LogP contribution in [0, 0.1) is 5.92 Å². The van der Waals surface area contributed by atoms with Gasteiger partial charge in [-0.25, -0.2) is 0 Å². The van der Waals surface area contributed by atoms with Crippen LogP contribution in [0.25, 0.3) is 0 Å². The maximum absolute atomic E-state index is 10.4. The van der Waals surface area contributed by atoms with Crippen molar-refractivity contribution in [3.63, 3.8) is 0 Å². The second-order valence-electron chi connectivity index (χ2n) is 4.12. The lowest BCUT2D eigenvalue weighted by atomic mass is 9.92. The Kier molecular flexibility index (Phi) is 2.91. The second kappa shape index (κ2) is 4.01. The molecule has 3 heteroatoms. The van der Waals surface area contributed by atoms with E-state index in [1.165, 1.54) is 5.56 Å². The van der Waals surface area contributed by atoms with E-state index in [4.69, 9.17) is 4.74 Å². The first-order valence-corrected chi connectivity index (χ1v) is 5.91. The Morgan fingerprint density at radius 3 is 2.93 bits per heavy atom. The van der Waals surface area contributed by atoms with Gasteiger partial charge in [0, 0.05) is 13.5 Å². The minimum Gasteiger partial charge on any atom is -0.387 e. The third kappa shape index (κ3) is 2.16. The molecule has 0 aliphatic heterocycles.